The van der Waals surface area contributed by atoms with E-state index in [4.69, 9.17) is 25.9 Å². The first-order valence-corrected chi connectivity index (χ1v) is 5.99. The smallest absolute Gasteiger partial charge is 0.332 e. The van der Waals surface area contributed by atoms with Gasteiger partial charge in [0.1, 0.15) is 12.0 Å². The fourth-order valence-electron chi connectivity index (χ4n) is 1.41. The number of benzene rings is 1. The number of halogens is 1. The molecule has 0 unspecified atom stereocenters. The van der Waals surface area contributed by atoms with Crippen LogP contribution >= 0.6 is 11.6 Å². The lowest BCUT2D eigenvalue weighted by Gasteiger charge is -2.05. The Kier molecular flexibility index (Phi) is 4.19. The van der Waals surface area contributed by atoms with E-state index in [9.17, 15) is 4.79 Å². The number of carboxylic acid groups (broad SMARTS) is 1. The molecule has 0 bridgehead atoms. The van der Waals surface area contributed by atoms with Gasteiger partial charge in [-0.15, -0.1) is 0 Å². The summed E-state index contributed by atoms with van der Waals surface area (Å²) in [5, 5.41) is 9.28. The second kappa shape index (κ2) is 5.86. The van der Waals surface area contributed by atoms with Gasteiger partial charge in [0.2, 0.25) is 5.89 Å². The van der Waals surface area contributed by atoms with Crippen LogP contribution in [0.25, 0.3) is 11.5 Å². The highest BCUT2D eigenvalue weighted by Crippen LogP contribution is 2.22. The maximum atomic E-state index is 10.6. The molecule has 0 aliphatic heterocycles. The predicted octanol–water partition coefficient (Wildman–Crippen LogP) is 2.98. The van der Waals surface area contributed by atoms with E-state index < -0.39 is 12.1 Å². The molecule has 6 heteroatoms. The molecule has 1 atom stereocenters. The number of rotatable bonds is 5. The van der Waals surface area contributed by atoms with Crippen molar-refractivity contribution in [2.75, 3.05) is 0 Å². The SMILES string of the molecule is C[C@H](OCc1coc(-c2cccc(Cl)c2)n1)C(=O)O. The van der Waals surface area contributed by atoms with E-state index in [-0.39, 0.29) is 6.61 Å². The molecular formula is C13H12ClNO4. The molecule has 0 radical (unpaired) electrons. The molecule has 1 heterocycles. The fourth-order valence-corrected chi connectivity index (χ4v) is 1.60. The number of hydrogen-bond donors (Lipinski definition) is 1. The lowest BCUT2D eigenvalue weighted by molar-refractivity contribution is -0.149. The minimum absolute atomic E-state index is 0.0809. The van der Waals surface area contributed by atoms with E-state index in [1.165, 1.54) is 13.2 Å². The predicted molar refractivity (Wildman–Crippen MR) is 68.8 cm³/mol. The van der Waals surface area contributed by atoms with Gasteiger partial charge in [-0.3, -0.25) is 0 Å². The van der Waals surface area contributed by atoms with Gasteiger partial charge in [0.15, 0.2) is 6.10 Å². The number of ether oxygens (including phenoxy) is 1. The van der Waals surface area contributed by atoms with Gasteiger partial charge in [-0.2, -0.15) is 0 Å². The van der Waals surface area contributed by atoms with E-state index in [1.54, 1.807) is 18.2 Å². The van der Waals surface area contributed by atoms with Crippen LogP contribution in [0.1, 0.15) is 12.6 Å². The molecule has 100 valence electrons. The molecule has 0 amide bonds. The summed E-state index contributed by atoms with van der Waals surface area (Å²) in [6.07, 6.45) is 0.552. The van der Waals surface area contributed by atoms with Gasteiger partial charge < -0.3 is 14.3 Å². The maximum absolute atomic E-state index is 10.6. The number of aliphatic carboxylic acids is 1. The van der Waals surface area contributed by atoms with Crippen molar-refractivity contribution in [2.24, 2.45) is 0 Å². The Hall–Kier alpha value is -1.85. The first-order valence-electron chi connectivity index (χ1n) is 5.61. The van der Waals surface area contributed by atoms with Gasteiger partial charge in [0.05, 0.1) is 6.61 Å². The molecule has 0 aliphatic rings. The summed E-state index contributed by atoms with van der Waals surface area (Å²) in [7, 11) is 0. The summed E-state index contributed by atoms with van der Waals surface area (Å²) in [4.78, 5) is 14.8. The summed E-state index contributed by atoms with van der Waals surface area (Å²) in [5.41, 5.74) is 1.29. The van der Waals surface area contributed by atoms with Crippen LogP contribution in [0.3, 0.4) is 0 Å². The zero-order valence-electron chi connectivity index (χ0n) is 10.2. The van der Waals surface area contributed by atoms with Crippen molar-refractivity contribution in [3.8, 4) is 11.5 Å². The van der Waals surface area contributed by atoms with Crippen LogP contribution in [-0.4, -0.2) is 22.2 Å². The summed E-state index contributed by atoms with van der Waals surface area (Å²) >= 11 is 5.88. The highest BCUT2D eigenvalue weighted by Gasteiger charge is 2.13. The third kappa shape index (κ3) is 3.56. The summed E-state index contributed by atoms with van der Waals surface area (Å²) < 4.78 is 10.4. The van der Waals surface area contributed by atoms with Gasteiger partial charge >= 0.3 is 5.97 Å². The van der Waals surface area contributed by atoms with Crippen molar-refractivity contribution in [1.82, 2.24) is 4.98 Å². The van der Waals surface area contributed by atoms with E-state index in [0.29, 0.717) is 16.6 Å². The van der Waals surface area contributed by atoms with Crippen LogP contribution in [0, 0.1) is 0 Å². The Morgan fingerprint density at radius 3 is 3.05 bits per heavy atom. The number of nitrogens with zero attached hydrogens (tertiary/aromatic N) is 1. The van der Waals surface area contributed by atoms with Gasteiger partial charge in [-0.25, -0.2) is 9.78 Å². The molecule has 0 saturated carbocycles. The molecule has 1 N–H and O–H groups in total. The van der Waals surface area contributed by atoms with Crippen molar-refractivity contribution in [3.63, 3.8) is 0 Å². The molecule has 2 aromatic rings. The van der Waals surface area contributed by atoms with Crippen molar-refractivity contribution in [3.05, 3.63) is 41.2 Å². The molecule has 0 spiro atoms. The highest BCUT2D eigenvalue weighted by molar-refractivity contribution is 6.30. The standard InChI is InChI=1S/C13H12ClNO4/c1-8(13(16)17)18-6-11-7-19-12(15-11)9-3-2-4-10(14)5-9/h2-5,7-8H,6H2,1H3,(H,16,17)/t8-/m0/s1. The minimum atomic E-state index is -1.02. The van der Waals surface area contributed by atoms with E-state index in [2.05, 4.69) is 4.98 Å². The molecule has 1 aromatic heterocycles. The molecule has 0 saturated heterocycles. The number of aromatic nitrogens is 1. The molecule has 2 rings (SSSR count). The quantitative estimate of drug-likeness (QED) is 0.912. The first-order chi connectivity index (χ1) is 9.06. The Bertz CT molecular complexity index is 582. The summed E-state index contributed by atoms with van der Waals surface area (Å²) in [6, 6.07) is 7.11. The van der Waals surface area contributed by atoms with Crippen LogP contribution in [0.2, 0.25) is 5.02 Å². The van der Waals surface area contributed by atoms with Crippen molar-refractivity contribution in [1.29, 1.82) is 0 Å². The van der Waals surface area contributed by atoms with Crippen LogP contribution < -0.4 is 0 Å². The van der Waals surface area contributed by atoms with E-state index in [1.807, 2.05) is 6.07 Å². The lowest BCUT2D eigenvalue weighted by Crippen LogP contribution is -2.19. The lowest BCUT2D eigenvalue weighted by atomic mass is 10.2. The molecule has 0 aliphatic carbocycles. The number of carbonyl (C=O) groups is 1. The number of oxazole rings is 1. The fraction of sp³-hybridized carbons (Fsp3) is 0.231. The molecule has 5 nitrogen and oxygen atoms in total. The van der Waals surface area contributed by atoms with Crippen molar-refractivity contribution in [2.45, 2.75) is 19.6 Å². The van der Waals surface area contributed by atoms with Crippen molar-refractivity contribution < 1.29 is 19.1 Å². The monoisotopic (exact) mass is 281 g/mol. The van der Waals surface area contributed by atoms with Crippen LogP contribution in [-0.2, 0) is 16.1 Å². The van der Waals surface area contributed by atoms with E-state index >= 15 is 0 Å². The van der Waals surface area contributed by atoms with Crippen LogP contribution in [0.4, 0.5) is 0 Å². The number of hydrogen-bond acceptors (Lipinski definition) is 4. The van der Waals surface area contributed by atoms with E-state index in [0.717, 1.165) is 5.56 Å². The van der Waals surface area contributed by atoms with Gasteiger partial charge in [0.25, 0.3) is 0 Å². The van der Waals surface area contributed by atoms with Gasteiger partial charge in [-0.1, -0.05) is 17.7 Å². The molecular weight excluding hydrogens is 270 g/mol. The topological polar surface area (TPSA) is 72.6 Å². The average Bonchev–Trinajstić information content (AvgIpc) is 2.84. The third-order valence-corrected chi connectivity index (χ3v) is 2.69. The summed E-state index contributed by atoms with van der Waals surface area (Å²) in [6.45, 7) is 1.54. The third-order valence-electron chi connectivity index (χ3n) is 2.45. The van der Waals surface area contributed by atoms with Gasteiger partial charge in [0, 0.05) is 10.6 Å². The Labute approximate surface area is 114 Å². The molecule has 0 fully saturated rings. The highest BCUT2D eigenvalue weighted by atomic mass is 35.5. The zero-order valence-corrected chi connectivity index (χ0v) is 10.9. The normalized spacial score (nSPS) is 12.3. The van der Waals surface area contributed by atoms with Crippen molar-refractivity contribution >= 4 is 17.6 Å². The Morgan fingerprint density at radius 2 is 2.37 bits per heavy atom. The Morgan fingerprint density at radius 1 is 1.58 bits per heavy atom. The van der Waals surface area contributed by atoms with Crippen LogP contribution in [0.15, 0.2) is 34.9 Å². The summed E-state index contributed by atoms with van der Waals surface area (Å²) in [5.74, 6) is -0.595. The van der Waals surface area contributed by atoms with Gasteiger partial charge in [-0.05, 0) is 25.1 Å². The maximum Gasteiger partial charge on any atom is 0.332 e. The largest absolute Gasteiger partial charge is 0.479 e. The minimum Gasteiger partial charge on any atom is -0.479 e. The second-order valence-corrected chi connectivity index (χ2v) is 4.38. The molecule has 19 heavy (non-hydrogen) atoms. The van der Waals surface area contributed by atoms with Crippen LogP contribution in [0.5, 0.6) is 0 Å². The second-order valence-electron chi connectivity index (χ2n) is 3.95. The zero-order chi connectivity index (χ0) is 13.8. The molecule has 1 aromatic carbocycles. The Balaban J connectivity index is 2.05. The first kappa shape index (κ1) is 13.6. The number of carboxylic acids is 1. The average molecular weight is 282 g/mol.